The van der Waals surface area contributed by atoms with E-state index < -0.39 is 0 Å². The van der Waals surface area contributed by atoms with Crippen LogP contribution in [-0.2, 0) is 6.42 Å². The zero-order valence-electron chi connectivity index (χ0n) is 11.9. The maximum atomic E-state index is 9.09. The van der Waals surface area contributed by atoms with Crippen molar-refractivity contribution >= 4 is 5.82 Å². The molecule has 2 rings (SSSR count). The van der Waals surface area contributed by atoms with Gasteiger partial charge < -0.3 is 5.32 Å². The number of aromatic nitrogens is 1. The first-order chi connectivity index (χ1) is 9.61. The van der Waals surface area contributed by atoms with Gasteiger partial charge in [-0.2, -0.15) is 5.26 Å². The molecule has 0 radical (unpaired) electrons. The zero-order chi connectivity index (χ0) is 14.4. The molecule has 1 N–H and O–H groups in total. The zero-order valence-corrected chi connectivity index (χ0v) is 11.9. The van der Waals surface area contributed by atoms with E-state index in [0.29, 0.717) is 11.4 Å². The molecule has 0 aliphatic rings. The van der Waals surface area contributed by atoms with Crippen LogP contribution in [0, 0.1) is 11.3 Å². The highest BCUT2D eigenvalue weighted by Gasteiger charge is 2.19. The Kier molecular flexibility index (Phi) is 4.37. The largest absolute Gasteiger partial charge is 0.364 e. The van der Waals surface area contributed by atoms with E-state index in [2.05, 4.69) is 54.5 Å². The topological polar surface area (TPSA) is 48.7 Å². The first kappa shape index (κ1) is 14.1. The van der Waals surface area contributed by atoms with Crippen LogP contribution in [-0.4, -0.2) is 10.5 Å². The van der Waals surface area contributed by atoms with E-state index in [1.54, 1.807) is 18.3 Å². The van der Waals surface area contributed by atoms with Gasteiger partial charge in [-0.15, -0.1) is 0 Å². The Morgan fingerprint density at radius 2 is 1.90 bits per heavy atom. The molecular weight excluding hydrogens is 246 g/mol. The minimum atomic E-state index is -0.115. The molecule has 3 nitrogen and oxygen atoms in total. The molecule has 0 saturated carbocycles. The molecule has 0 unspecified atom stereocenters. The lowest BCUT2D eigenvalue weighted by atomic mass is 9.95. The average Bonchev–Trinajstić information content (AvgIpc) is 2.47. The second-order valence-electron chi connectivity index (χ2n) is 5.51. The van der Waals surface area contributed by atoms with Gasteiger partial charge in [-0.1, -0.05) is 30.3 Å². The minimum Gasteiger partial charge on any atom is -0.364 e. The van der Waals surface area contributed by atoms with E-state index in [1.807, 2.05) is 6.07 Å². The highest BCUT2D eigenvalue weighted by Crippen LogP contribution is 2.21. The molecule has 0 atom stereocenters. The molecule has 0 saturated heterocycles. The third kappa shape index (κ3) is 3.83. The monoisotopic (exact) mass is 265 g/mol. The van der Waals surface area contributed by atoms with Crippen LogP contribution in [0.1, 0.15) is 31.4 Å². The summed E-state index contributed by atoms with van der Waals surface area (Å²) in [6.45, 7) is 4.26. The fraction of sp³-hybridized carbons (Fsp3) is 0.294. The molecule has 0 spiro atoms. The Bertz CT molecular complexity index is 597. The molecule has 0 amide bonds. The van der Waals surface area contributed by atoms with Crippen LogP contribution in [0.2, 0.25) is 0 Å². The van der Waals surface area contributed by atoms with Gasteiger partial charge in [-0.05, 0) is 44.4 Å². The van der Waals surface area contributed by atoms with Crippen LogP contribution in [0.5, 0.6) is 0 Å². The number of nitrogens with one attached hydrogen (secondary N) is 1. The predicted octanol–water partition coefficient (Wildman–Crippen LogP) is 3.78. The molecule has 102 valence electrons. The third-order valence-corrected chi connectivity index (χ3v) is 3.27. The molecular formula is C17H19N3. The second kappa shape index (κ2) is 6.21. The summed E-state index contributed by atoms with van der Waals surface area (Å²) in [5, 5.41) is 12.5. The highest BCUT2D eigenvalue weighted by molar-refractivity contribution is 5.52. The molecule has 1 aromatic carbocycles. The fourth-order valence-corrected chi connectivity index (χ4v) is 2.08. The molecule has 2 aromatic rings. The van der Waals surface area contributed by atoms with E-state index >= 15 is 0 Å². The maximum absolute atomic E-state index is 9.09. The normalized spacial score (nSPS) is 10.8. The summed E-state index contributed by atoms with van der Waals surface area (Å²) in [5.41, 5.74) is 1.79. The quantitative estimate of drug-likeness (QED) is 0.895. The highest BCUT2D eigenvalue weighted by atomic mass is 15.0. The van der Waals surface area contributed by atoms with Gasteiger partial charge in [0.25, 0.3) is 0 Å². The van der Waals surface area contributed by atoms with Crippen LogP contribution >= 0.6 is 0 Å². The van der Waals surface area contributed by atoms with Gasteiger partial charge in [-0.3, -0.25) is 0 Å². The van der Waals surface area contributed by atoms with Crippen LogP contribution < -0.4 is 5.32 Å². The van der Waals surface area contributed by atoms with Gasteiger partial charge in [-0.25, -0.2) is 4.98 Å². The van der Waals surface area contributed by atoms with E-state index in [-0.39, 0.29) is 5.54 Å². The van der Waals surface area contributed by atoms with Crippen molar-refractivity contribution in [1.29, 1.82) is 5.26 Å². The van der Waals surface area contributed by atoms with E-state index in [0.717, 1.165) is 12.8 Å². The van der Waals surface area contributed by atoms with Crippen molar-refractivity contribution in [3.8, 4) is 6.07 Å². The summed E-state index contributed by atoms with van der Waals surface area (Å²) in [5.74, 6) is 0.660. The summed E-state index contributed by atoms with van der Waals surface area (Å²) in [4.78, 5) is 4.26. The van der Waals surface area contributed by atoms with Crippen molar-refractivity contribution in [3.05, 3.63) is 59.8 Å². The minimum absolute atomic E-state index is 0.115. The van der Waals surface area contributed by atoms with Gasteiger partial charge >= 0.3 is 0 Å². The molecule has 1 aromatic heterocycles. The van der Waals surface area contributed by atoms with Crippen molar-refractivity contribution in [1.82, 2.24) is 4.98 Å². The molecule has 0 aliphatic heterocycles. The Morgan fingerprint density at radius 1 is 1.15 bits per heavy atom. The SMILES string of the molecule is CC(C)(CCc1ccccc1)Nc1ncccc1C#N. The number of benzene rings is 1. The van der Waals surface area contributed by atoms with Crippen molar-refractivity contribution < 1.29 is 0 Å². The Balaban J connectivity index is 2.02. The Labute approximate surface area is 120 Å². The van der Waals surface area contributed by atoms with E-state index in [4.69, 9.17) is 5.26 Å². The summed E-state index contributed by atoms with van der Waals surface area (Å²) in [7, 11) is 0. The molecule has 0 bridgehead atoms. The summed E-state index contributed by atoms with van der Waals surface area (Å²) >= 11 is 0. The number of aryl methyl sites for hydroxylation is 1. The van der Waals surface area contributed by atoms with Crippen molar-refractivity contribution in [2.45, 2.75) is 32.2 Å². The van der Waals surface area contributed by atoms with Gasteiger partial charge in [0.2, 0.25) is 0 Å². The molecule has 20 heavy (non-hydrogen) atoms. The summed E-state index contributed by atoms with van der Waals surface area (Å²) in [6.07, 6.45) is 3.67. The van der Waals surface area contributed by atoms with Crippen LogP contribution in [0.15, 0.2) is 48.7 Å². The smallest absolute Gasteiger partial charge is 0.144 e. The summed E-state index contributed by atoms with van der Waals surface area (Å²) < 4.78 is 0. The van der Waals surface area contributed by atoms with Gasteiger partial charge in [0.1, 0.15) is 11.9 Å². The molecule has 0 fully saturated rings. The van der Waals surface area contributed by atoms with Crippen LogP contribution in [0.25, 0.3) is 0 Å². The first-order valence-electron chi connectivity index (χ1n) is 6.78. The lowest BCUT2D eigenvalue weighted by molar-refractivity contribution is 0.516. The van der Waals surface area contributed by atoms with Crippen LogP contribution in [0.3, 0.4) is 0 Å². The number of nitrogens with zero attached hydrogens (tertiary/aromatic N) is 2. The van der Waals surface area contributed by atoms with Crippen LogP contribution in [0.4, 0.5) is 5.82 Å². The lowest BCUT2D eigenvalue weighted by Crippen LogP contribution is -2.32. The van der Waals surface area contributed by atoms with Gasteiger partial charge in [0, 0.05) is 11.7 Å². The maximum Gasteiger partial charge on any atom is 0.144 e. The third-order valence-electron chi connectivity index (χ3n) is 3.27. The second-order valence-corrected chi connectivity index (χ2v) is 5.51. The number of hydrogen-bond acceptors (Lipinski definition) is 3. The number of nitriles is 1. The van der Waals surface area contributed by atoms with E-state index in [9.17, 15) is 0 Å². The Morgan fingerprint density at radius 3 is 2.60 bits per heavy atom. The number of anilines is 1. The first-order valence-corrected chi connectivity index (χ1v) is 6.78. The Hall–Kier alpha value is -2.34. The standard InChI is InChI=1S/C17H19N3/c1-17(2,11-10-14-7-4-3-5-8-14)20-16-15(13-18)9-6-12-19-16/h3-9,12H,10-11H2,1-2H3,(H,19,20). The molecule has 0 aliphatic carbocycles. The lowest BCUT2D eigenvalue weighted by Gasteiger charge is -2.27. The van der Waals surface area contributed by atoms with Crippen molar-refractivity contribution in [2.75, 3.05) is 5.32 Å². The van der Waals surface area contributed by atoms with Crippen molar-refractivity contribution in [2.24, 2.45) is 0 Å². The number of hydrogen-bond donors (Lipinski definition) is 1. The average molecular weight is 265 g/mol. The van der Waals surface area contributed by atoms with Crippen molar-refractivity contribution in [3.63, 3.8) is 0 Å². The fourth-order valence-electron chi connectivity index (χ4n) is 2.08. The summed E-state index contributed by atoms with van der Waals surface area (Å²) in [6, 6.07) is 16.1. The molecule has 3 heteroatoms. The number of pyridine rings is 1. The van der Waals surface area contributed by atoms with Gasteiger partial charge in [0.15, 0.2) is 0 Å². The van der Waals surface area contributed by atoms with Gasteiger partial charge in [0.05, 0.1) is 5.56 Å². The number of rotatable bonds is 5. The predicted molar refractivity (Wildman–Crippen MR) is 81.4 cm³/mol. The van der Waals surface area contributed by atoms with E-state index in [1.165, 1.54) is 5.56 Å². The molecule has 1 heterocycles.